The third kappa shape index (κ3) is 3.72. The maximum absolute atomic E-state index is 14.0. The summed E-state index contributed by atoms with van der Waals surface area (Å²) >= 11 is 0. The molecule has 11 heteroatoms. The van der Waals surface area contributed by atoms with Crippen LogP contribution in [0, 0.1) is 11.6 Å². The van der Waals surface area contributed by atoms with Gasteiger partial charge >= 0.3 is 0 Å². The molecular weight excluding hydrogens is 384 g/mol. The Morgan fingerprint density at radius 3 is 2.90 bits per heavy atom. The van der Waals surface area contributed by atoms with Crippen molar-refractivity contribution in [3.63, 3.8) is 0 Å². The number of aliphatic hydroxyl groups is 1. The highest BCUT2D eigenvalue weighted by Crippen LogP contribution is 2.25. The van der Waals surface area contributed by atoms with Crippen molar-refractivity contribution in [2.24, 2.45) is 0 Å². The molecule has 0 atom stereocenters. The first-order valence-electron chi connectivity index (χ1n) is 8.70. The van der Waals surface area contributed by atoms with Crippen LogP contribution in [0.2, 0.25) is 0 Å². The Morgan fingerprint density at radius 2 is 2.10 bits per heavy atom. The van der Waals surface area contributed by atoms with Crippen LogP contribution in [0.1, 0.15) is 5.56 Å². The molecule has 0 amide bonds. The molecule has 0 saturated heterocycles. The molecular formula is C18H17F2N7O2. The second kappa shape index (κ2) is 7.80. The molecule has 0 aliphatic carbocycles. The smallest absolute Gasteiger partial charge is 0.256 e. The van der Waals surface area contributed by atoms with E-state index in [1.54, 1.807) is 18.6 Å². The molecule has 0 unspecified atom stereocenters. The minimum Gasteiger partial charge on any atom is -0.478 e. The number of nitrogens with one attached hydrogen (secondary N) is 1. The van der Waals surface area contributed by atoms with Gasteiger partial charge in [-0.25, -0.2) is 18.4 Å². The third-order valence-electron chi connectivity index (χ3n) is 4.23. The molecule has 0 radical (unpaired) electrons. The van der Waals surface area contributed by atoms with E-state index in [2.05, 4.69) is 25.5 Å². The van der Waals surface area contributed by atoms with Crippen molar-refractivity contribution < 1.29 is 18.6 Å². The van der Waals surface area contributed by atoms with Crippen LogP contribution < -0.4 is 10.1 Å². The number of anilines is 2. The fourth-order valence-electron chi connectivity index (χ4n) is 2.85. The number of nitrogens with zero attached hydrogens (tertiary/aromatic N) is 6. The lowest BCUT2D eigenvalue weighted by Gasteiger charge is -2.07. The number of aliphatic hydroxyl groups excluding tert-OH is 1. The van der Waals surface area contributed by atoms with Crippen molar-refractivity contribution in [2.45, 2.75) is 13.1 Å². The predicted octanol–water partition coefficient (Wildman–Crippen LogP) is 2.09. The van der Waals surface area contributed by atoms with Gasteiger partial charge in [-0.05, 0) is 6.07 Å². The van der Waals surface area contributed by atoms with E-state index < -0.39 is 11.6 Å². The highest BCUT2D eigenvalue weighted by atomic mass is 19.2. The zero-order valence-electron chi connectivity index (χ0n) is 15.4. The average Bonchev–Trinajstić information content (AvgIpc) is 3.29. The van der Waals surface area contributed by atoms with Crippen molar-refractivity contribution in [2.75, 3.05) is 19.0 Å². The number of hydrogen-bond acceptors (Lipinski definition) is 7. The molecule has 3 heterocycles. The Balaban J connectivity index is 1.64. The summed E-state index contributed by atoms with van der Waals surface area (Å²) in [5.74, 6) is -1.26. The first-order valence-corrected chi connectivity index (χ1v) is 8.70. The van der Waals surface area contributed by atoms with Crippen LogP contribution in [0.3, 0.4) is 0 Å². The molecule has 4 rings (SSSR count). The number of ether oxygens (including phenoxy) is 1. The van der Waals surface area contributed by atoms with Crippen LogP contribution >= 0.6 is 0 Å². The average molecular weight is 401 g/mol. The van der Waals surface area contributed by atoms with Crippen molar-refractivity contribution in [3.8, 4) is 5.88 Å². The summed E-state index contributed by atoms with van der Waals surface area (Å²) in [6.45, 7) is 0.258. The molecule has 29 heavy (non-hydrogen) atoms. The van der Waals surface area contributed by atoms with Crippen molar-refractivity contribution in [1.29, 1.82) is 0 Å². The molecule has 0 bridgehead atoms. The lowest BCUT2D eigenvalue weighted by molar-refractivity contribution is 0.267. The Hall–Kier alpha value is -3.60. The van der Waals surface area contributed by atoms with Gasteiger partial charge in [-0.1, -0.05) is 12.1 Å². The van der Waals surface area contributed by atoms with Gasteiger partial charge in [0.1, 0.15) is 5.69 Å². The van der Waals surface area contributed by atoms with E-state index in [1.165, 1.54) is 28.6 Å². The van der Waals surface area contributed by atoms with E-state index in [9.17, 15) is 8.78 Å². The van der Waals surface area contributed by atoms with Gasteiger partial charge in [0, 0.05) is 11.8 Å². The van der Waals surface area contributed by atoms with Gasteiger partial charge in [0.15, 0.2) is 17.3 Å². The number of fused-ring (bicyclic) bond motifs is 1. The largest absolute Gasteiger partial charge is 0.478 e. The number of halogens is 2. The number of hydrogen-bond donors (Lipinski definition) is 2. The van der Waals surface area contributed by atoms with Crippen LogP contribution in [0.4, 0.5) is 20.4 Å². The second-order valence-electron chi connectivity index (χ2n) is 6.15. The van der Waals surface area contributed by atoms with Gasteiger partial charge in [0.2, 0.25) is 5.95 Å². The Morgan fingerprint density at radius 1 is 1.24 bits per heavy atom. The van der Waals surface area contributed by atoms with E-state index in [0.29, 0.717) is 29.1 Å². The molecule has 4 aromatic rings. The van der Waals surface area contributed by atoms with Gasteiger partial charge in [-0.3, -0.25) is 4.68 Å². The summed E-state index contributed by atoms with van der Waals surface area (Å²) in [5.41, 5.74) is 1.13. The predicted molar refractivity (Wildman–Crippen MR) is 99.9 cm³/mol. The van der Waals surface area contributed by atoms with Crippen LogP contribution in [-0.4, -0.2) is 48.4 Å². The second-order valence-corrected chi connectivity index (χ2v) is 6.15. The van der Waals surface area contributed by atoms with Gasteiger partial charge in [-0.15, -0.1) is 5.10 Å². The quantitative estimate of drug-likeness (QED) is 0.489. The van der Waals surface area contributed by atoms with E-state index >= 15 is 0 Å². The van der Waals surface area contributed by atoms with Crippen molar-refractivity contribution >= 4 is 22.7 Å². The van der Waals surface area contributed by atoms with Crippen molar-refractivity contribution in [1.82, 2.24) is 29.5 Å². The van der Waals surface area contributed by atoms with Crippen LogP contribution in [0.15, 0.2) is 36.8 Å². The SMILES string of the molecule is COc1nn(CCO)cc1Nc1ncc2cnn(Cc3cccc(F)c3F)c2n1. The minimum absolute atomic E-state index is 0.0152. The minimum atomic E-state index is -0.914. The van der Waals surface area contributed by atoms with Gasteiger partial charge in [-0.2, -0.15) is 10.1 Å². The lowest BCUT2D eigenvalue weighted by atomic mass is 10.2. The summed E-state index contributed by atoms with van der Waals surface area (Å²) in [5, 5.41) is 21.1. The highest BCUT2D eigenvalue weighted by Gasteiger charge is 2.14. The summed E-state index contributed by atoms with van der Waals surface area (Å²) in [6.07, 6.45) is 4.78. The summed E-state index contributed by atoms with van der Waals surface area (Å²) < 4.78 is 35.7. The first kappa shape index (κ1) is 18.7. The molecule has 0 aliphatic rings. The van der Waals surface area contributed by atoms with E-state index in [-0.39, 0.29) is 24.7 Å². The van der Waals surface area contributed by atoms with Gasteiger partial charge in [0.05, 0.1) is 44.6 Å². The molecule has 1 aromatic carbocycles. The molecule has 3 aromatic heterocycles. The lowest BCUT2D eigenvalue weighted by Crippen LogP contribution is -2.06. The maximum Gasteiger partial charge on any atom is 0.256 e. The third-order valence-corrected chi connectivity index (χ3v) is 4.23. The number of aromatic nitrogens is 6. The Bertz CT molecular complexity index is 1160. The van der Waals surface area contributed by atoms with E-state index in [4.69, 9.17) is 9.84 Å². The standard InChI is InChI=1S/C18H17F2N7O2/c1-29-17-14(10-26(25-17)5-6-28)23-18-21-7-12-8-22-27(16(12)24-18)9-11-3-2-4-13(19)15(11)20/h2-4,7-8,10,28H,5-6,9H2,1H3,(H,21,23,24). The summed E-state index contributed by atoms with van der Waals surface area (Å²) in [7, 11) is 1.48. The first-order chi connectivity index (χ1) is 14.1. The highest BCUT2D eigenvalue weighted by molar-refractivity contribution is 5.75. The molecule has 2 N–H and O–H groups in total. The van der Waals surface area contributed by atoms with Crippen LogP contribution in [0.5, 0.6) is 5.88 Å². The Labute approximate surface area is 163 Å². The number of methoxy groups -OCH3 is 1. The summed E-state index contributed by atoms with van der Waals surface area (Å²) in [6, 6.07) is 4.00. The summed E-state index contributed by atoms with van der Waals surface area (Å²) in [4.78, 5) is 8.66. The molecule has 150 valence electrons. The van der Waals surface area contributed by atoms with Gasteiger partial charge < -0.3 is 15.2 Å². The number of rotatable bonds is 7. The molecule has 9 nitrogen and oxygen atoms in total. The molecule has 0 saturated carbocycles. The fraction of sp³-hybridized carbons (Fsp3) is 0.222. The fourth-order valence-corrected chi connectivity index (χ4v) is 2.85. The number of benzene rings is 1. The van der Waals surface area contributed by atoms with Crippen molar-refractivity contribution in [3.05, 3.63) is 54.0 Å². The topological polar surface area (TPSA) is 103 Å². The normalized spacial score (nSPS) is 11.2. The molecule has 0 fully saturated rings. The Kier molecular flexibility index (Phi) is 5.04. The zero-order valence-corrected chi connectivity index (χ0v) is 15.4. The van der Waals surface area contributed by atoms with E-state index in [1.807, 2.05) is 0 Å². The molecule has 0 aliphatic heterocycles. The van der Waals surface area contributed by atoms with E-state index in [0.717, 1.165) is 6.07 Å². The maximum atomic E-state index is 14.0. The molecule has 0 spiro atoms. The zero-order chi connectivity index (χ0) is 20.4. The van der Waals surface area contributed by atoms with Crippen LogP contribution in [-0.2, 0) is 13.1 Å². The monoisotopic (exact) mass is 401 g/mol. The van der Waals surface area contributed by atoms with Crippen LogP contribution in [0.25, 0.3) is 11.0 Å². The van der Waals surface area contributed by atoms with Gasteiger partial charge in [0.25, 0.3) is 5.88 Å².